The van der Waals surface area contributed by atoms with Gasteiger partial charge >= 0.3 is 17.9 Å². The van der Waals surface area contributed by atoms with Crippen LogP contribution in [0.5, 0.6) is 0 Å². The first-order valence-corrected chi connectivity index (χ1v) is 2.97. The predicted molar refractivity (Wildman–Crippen MR) is 33.6 cm³/mol. The Kier molecular flexibility index (Phi) is 3.59. The monoisotopic (exact) mass is 182 g/mol. The van der Waals surface area contributed by atoms with Crippen molar-refractivity contribution in [2.24, 2.45) is 0 Å². The molecule has 0 rings (SSSR count). The molecule has 0 aromatic carbocycles. The number of carbonyl (C=O) groups excluding carboxylic acids is 2. The highest BCUT2D eigenvalue weighted by atomic mass is 19.3. The minimum Gasteiger partial charge on any atom is -0.469 e. The van der Waals surface area contributed by atoms with Crippen molar-refractivity contribution < 1.29 is 27.8 Å². The molecule has 4 nitrogen and oxygen atoms in total. The van der Waals surface area contributed by atoms with Gasteiger partial charge in [0.2, 0.25) is 0 Å². The number of alkyl halides is 2. The number of hydrogen-bond donors (Lipinski definition) is 0. The summed E-state index contributed by atoms with van der Waals surface area (Å²) in [6, 6.07) is 0. The largest absolute Gasteiger partial charge is 0.469 e. The lowest BCUT2D eigenvalue weighted by molar-refractivity contribution is -0.175. The van der Waals surface area contributed by atoms with E-state index in [9.17, 15) is 18.4 Å². The molecule has 12 heavy (non-hydrogen) atoms. The maximum Gasteiger partial charge on any atom is 0.377 e. The molecule has 0 heterocycles. The standard InChI is InChI=1S/C6H8F2O4/c1-11-4(9)3-6(7,8)5(10)12-2/h3H2,1-2H3. The van der Waals surface area contributed by atoms with E-state index in [-0.39, 0.29) is 0 Å². The highest BCUT2D eigenvalue weighted by Gasteiger charge is 2.42. The summed E-state index contributed by atoms with van der Waals surface area (Å²) >= 11 is 0. The number of ether oxygens (including phenoxy) is 2. The second-order valence-electron chi connectivity index (χ2n) is 1.95. The molecule has 0 N–H and O–H groups in total. The molecule has 0 aromatic heterocycles. The molecule has 0 unspecified atom stereocenters. The van der Waals surface area contributed by atoms with Crippen LogP contribution in [0, 0.1) is 0 Å². The van der Waals surface area contributed by atoms with Gasteiger partial charge in [-0.15, -0.1) is 0 Å². The van der Waals surface area contributed by atoms with Crippen molar-refractivity contribution in [3.8, 4) is 0 Å². The molecule has 0 atom stereocenters. The lowest BCUT2D eigenvalue weighted by Crippen LogP contribution is -2.32. The average molecular weight is 182 g/mol. The van der Waals surface area contributed by atoms with Crippen LogP contribution < -0.4 is 0 Å². The fourth-order valence-electron chi connectivity index (χ4n) is 0.475. The number of esters is 2. The van der Waals surface area contributed by atoms with Gasteiger partial charge in [0.25, 0.3) is 0 Å². The minimum atomic E-state index is -3.80. The molecule has 6 heteroatoms. The van der Waals surface area contributed by atoms with Gasteiger partial charge in [0.1, 0.15) is 6.42 Å². The molecular formula is C6H8F2O4. The highest BCUT2D eigenvalue weighted by molar-refractivity contribution is 5.83. The molecule has 0 aliphatic heterocycles. The Balaban J connectivity index is 4.21. The molecule has 0 saturated heterocycles. The fraction of sp³-hybridized carbons (Fsp3) is 0.667. The normalized spacial score (nSPS) is 10.7. The van der Waals surface area contributed by atoms with Gasteiger partial charge in [0.15, 0.2) is 0 Å². The molecule has 0 spiro atoms. The molecule has 0 saturated carbocycles. The van der Waals surface area contributed by atoms with Crippen LogP contribution in [0.1, 0.15) is 6.42 Å². The molecule has 0 fully saturated rings. The van der Waals surface area contributed by atoms with Crippen molar-refractivity contribution in [3.63, 3.8) is 0 Å². The first-order valence-electron chi connectivity index (χ1n) is 2.97. The number of rotatable bonds is 3. The van der Waals surface area contributed by atoms with Crippen LogP contribution in [0.25, 0.3) is 0 Å². The van der Waals surface area contributed by atoms with Gasteiger partial charge in [-0.25, -0.2) is 4.79 Å². The summed E-state index contributed by atoms with van der Waals surface area (Å²) in [5.74, 6) is -6.71. The van der Waals surface area contributed by atoms with E-state index in [4.69, 9.17) is 0 Å². The minimum absolute atomic E-state index is 0.813. The molecule has 0 aliphatic rings. The topological polar surface area (TPSA) is 52.6 Å². The summed E-state index contributed by atoms with van der Waals surface area (Å²) in [6.45, 7) is 0. The second-order valence-corrected chi connectivity index (χ2v) is 1.95. The lowest BCUT2D eigenvalue weighted by Gasteiger charge is -2.11. The van der Waals surface area contributed by atoms with Crippen LogP contribution in [-0.4, -0.2) is 32.1 Å². The van der Waals surface area contributed by atoms with Gasteiger partial charge in [0.05, 0.1) is 14.2 Å². The van der Waals surface area contributed by atoms with E-state index in [2.05, 4.69) is 9.47 Å². The Bertz CT molecular complexity index is 190. The Morgan fingerprint density at radius 1 is 1.25 bits per heavy atom. The maximum absolute atomic E-state index is 12.5. The van der Waals surface area contributed by atoms with Gasteiger partial charge in [-0.2, -0.15) is 8.78 Å². The predicted octanol–water partition coefficient (Wildman–Crippen LogP) is 0.358. The summed E-state index contributed by atoms with van der Waals surface area (Å²) in [6.07, 6.45) is -1.30. The van der Waals surface area contributed by atoms with Crippen molar-refractivity contribution >= 4 is 11.9 Å². The molecule has 70 valence electrons. The van der Waals surface area contributed by atoms with E-state index >= 15 is 0 Å². The van der Waals surface area contributed by atoms with Crippen molar-refractivity contribution in [1.29, 1.82) is 0 Å². The van der Waals surface area contributed by atoms with Gasteiger partial charge in [-0.1, -0.05) is 0 Å². The molecule has 0 bridgehead atoms. The third kappa shape index (κ3) is 2.81. The summed E-state index contributed by atoms with van der Waals surface area (Å²) in [7, 11) is 1.77. The molecule has 0 amide bonds. The summed E-state index contributed by atoms with van der Waals surface area (Å²) in [5.41, 5.74) is 0. The zero-order valence-electron chi connectivity index (χ0n) is 6.60. The van der Waals surface area contributed by atoms with Crippen molar-refractivity contribution in [1.82, 2.24) is 0 Å². The van der Waals surface area contributed by atoms with Gasteiger partial charge in [0, 0.05) is 0 Å². The first kappa shape index (κ1) is 10.8. The average Bonchev–Trinajstić information content (AvgIpc) is 2.02. The highest BCUT2D eigenvalue weighted by Crippen LogP contribution is 2.20. The molecular weight excluding hydrogens is 174 g/mol. The van der Waals surface area contributed by atoms with Gasteiger partial charge in [-0.05, 0) is 0 Å². The van der Waals surface area contributed by atoms with Crippen molar-refractivity contribution in [2.45, 2.75) is 12.3 Å². The summed E-state index contributed by atoms with van der Waals surface area (Å²) in [4.78, 5) is 20.6. The van der Waals surface area contributed by atoms with Crippen LogP contribution in [0.2, 0.25) is 0 Å². The number of hydrogen-bond acceptors (Lipinski definition) is 4. The SMILES string of the molecule is COC(=O)CC(F)(F)C(=O)OC. The van der Waals surface area contributed by atoms with Crippen LogP contribution >= 0.6 is 0 Å². The zero-order chi connectivity index (χ0) is 9.78. The smallest absolute Gasteiger partial charge is 0.377 e. The van der Waals surface area contributed by atoms with Crippen LogP contribution in [0.15, 0.2) is 0 Å². The van der Waals surface area contributed by atoms with Crippen LogP contribution in [0.3, 0.4) is 0 Å². The van der Waals surface area contributed by atoms with Gasteiger partial charge < -0.3 is 9.47 Å². The van der Waals surface area contributed by atoms with E-state index in [0.29, 0.717) is 0 Å². The van der Waals surface area contributed by atoms with Crippen LogP contribution in [0.4, 0.5) is 8.78 Å². The van der Waals surface area contributed by atoms with E-state index in [1.54, 1.807) is 0 Å². The summed E-state index contributed by atoms with van der Waals surface area (Å²) < 4.78 is 32.7. The molecule has 0 radical (unpaired) electrons. The number of carbonyl (C=O) groups is 2. The zero-order valence-corrected chi connectivity index (χ0v) is 6.60. The van der Waals surface area contributed by atoms with E-state index in [0.717, 1.165) is 14.2 Å². The number of methoxy groups -OCH3 is 2. The van der Waals surface area contributed by atoms with Crippen molar-refractivity contribution in [2.75, 3.05) is 14.2 Å². The maximum atomic E-state index is 12.5. The quantitative estimate of drug-likeness (QED) is 0.591. The van der Waals surface area contributed by atoms with Gasteiger partial charge in [-0.3, -0.25) is 4.79 Å². The lowest BCUT2D eigenvalue weighted by atomic mass is 10.2. The summed E-state index contributed by atoms with van der Waals surface area (Å²) in [5, 5.41) is 0. The fourth-order valence-corrected chi connectivity index (χ4v) is 0.475. The van der Waals surface area contributed by atoms with Crippen molar-refractivity contribution in [3.05, 3.63) is 0 Å². The Hall–Kier alpha value is -1.20. The van der Waals surface area contributed by atoms with Crippen LogP contribution in [-0.2, 0) is 19.1 Å². The third-order valence-corrected chi connectivity index (χ3v) is 1.08. The second kappa shape index (κ2) is 3.99. The van der Waals surface area contributed by atoms with E-state index in [1.807, 2.05) is 0 Å². The molecule has 0 aliphatic carbocycles. The Morgan fingerprint density at radius 3 is 2.08 bits per heavy atom. The Labute approximate surface area is 67.4 Å². The van der Waals surface area contributed by atoms with E-state index < -0.39 is 24.3 Å². The van der Waals surface area contributed by atoms with E-state index in [1.165, 1.54) is 0 Å². The first-order chi connectivity index (χ1) is 5.44. The Morgan fingerprint density at radius 2 is 1.75 bits per heavy atom. The molecule has 0 aromatic rings. The number of halogens is 2. The third-order valence-electron chi connectivity index (χ3n) is 1.08.